The number of aryl methyl sites for hydroxylation is 1. The summed E-state index contributed by atoms with van der Waals surface area (Å²) in [6, 6.07) is 4.88. The topological polar surface area (TPSA) is 60.2 Å². The summed E-state index contributed by atoms with van der Waals surface area (Å²) in [6.45, 7) is 5.28. The van der Waals surface area contributed by atoms with Crippen molar-refractivity contribution in [2.45, 2.75) is 33.1 Å². The summed E-state index contributed by atoms with van der Waals surface area (Å²) in [7, 11) is 0. The number of carbonyl (C=O) groups is 1. The molecular formula is C12H15NO3. The maximum absolute atomic E-state index is 11.6. The fourth-order valence-electron chi connectivity index (χ4n) is 1.85. The molecule has 0 saturated heterocycles. The van der Waals surface area contributed by atoms with E-state index < -0.39 is 10.8 Å². The Morgan fingerprint density at radius 1 is 1.50 bits per heavy atom. The van der Waals surface area contributed by atoms with E-state index in [9.17, 15) is 14.9 Å². The minimum atomic E-state index is -0.429. The number of nitrogens with zero attached hydrogens (tertiary/aromatic N) is 1. The molecule has 0 amide bonds. The van der Waals surface area contributed by atoms with E-state index in [0.29, 0.717) is 12.0 Å². The number of nitro groups is 1. The Hall–Kier alpha value is -1.71. The molecule has 0 saturated carbocycles. The van der Waals surface area contributed by atoms with Crippen LogP contribution in [0.3, 0.4) is 0 Å². The summed E-state index contributed by atoms with van der Waals surface area (Å²) in [5.74, 6) is -0.385. The Balaban J connectivity index is 3.30. The largest absolute Gasteiger partial charge is 0.299 e. The summed E-state index contributed by atoms with van der Waals surface area (Å²) in [6.07, 6.45) is 0.395. The van der Waals surface area contributed by atoms with E-state index in [1.54, 1.807) is 32.9 Å². The normalized spacial score (nSPS) is 12.2. The molecule has 0 aliphatic carbocycles. The third-order valence-electron chi connectivity index (χ3n) is 2.76. The van der Waals surface area contributed by atoms with Gasteiger partial charge in [-0.3, -0.25) is 14.9 Å². The Bertz CT molecular complexity index is 426. The highest BCUT2D eigenvalue weighted by atomic mass is 16.6. The molecule has 0 heterocycles. The lowest BCUT2D eigenvalue weighted by Gasteiger charge is -2.12. The first kappa shape index (κ1) is 12.4. The summed E-state index contributed by atoms with van der Waals surface area (Å²) in [4.78, 5) is 22.1. The SMILES string of the molecule is CCC(=O)C(C)c1c(C)cccc1[N+](=O)[O-]. The highest BCUT2D eigenvalue weighted by Crippen LogP contribution is 2.30. The third-order valence-corrected chi connectivity index (χ3v) is 2.76. The van der Waals surface area contributed by atoms with Crippen molar-refractivity contribution in [1.29, 1.82) is 0 Å². The zero-order valence-corrected chi connectivity index (χ0v) is 9.69. The lowest BCUT2D eigenvalue weighted by atomic mass is 9.90. The van der Waals surface area contributed by atoms with Crippen LogP contribution in [0.15, 0.2) is 18.2 Å². The predicted octanol–water partition coefficient (Wildman–Crippen LogP) is 2.99. The van der Waals surface area contributed by atoms with Gasteiger partial charge in [0.25, 0.3) is 5.69 Å². The van der Waals surface area contributed by atoms with Gasteiger partial charge in [0.05, 0.1) is 4.92 Å². The Morgan fingerprint density at radius 3 is 2.62 bits per heavy atom. The first-order valence-corrected chi connectivity index (χ1v) is 5.25. The van der Waals surface area contributed by atoms with E-state index in [1.807, 2.05) is 0 Å². The van der Waals surface area contributed by atoms with Crippen molar-refractivity contribution in [1.82, 2.24) is 0 Å². The molecule has 0 aliphatic heterocycles. The smallest absolute Gasteiger partial charge is 0.273 e. The van der Waals surface area contributed by atoms with Gasteiger partial charge in [-0.2, -0.15) is 0 Å². The standard InChI is InChI=1S/C12H15NO3/c1-4-11(14)9(3)12-8(2)6-5-7-10(12)13(15)16/h5-7,9H,4H2,1-3H3. The number of nitro benzene ring substituents is 1. The van der Waals surface area contributed by atoms with Gasteiger partial charge in [0.1, 0.15) is 5.78 Å². The molecule has 0 radical (unpaired) electrons. The van der Waals surface area contributed by atoms with Gasteiger partial charge in [0.15, 0.2) is 0 Å². The maximum atomic E-state index is 11.6. The summed E-state index contributed by atoms with van der Waals surface area (Å²) in [5.41, 5.74) is 1.37. The van der Waals surface area contributed by atoms with E-state index in [4.69, 9.17) is 0 Å². The Kier molecular flexibility index (Phi) is 3.77. The summed E-state index contributed by atoms with van der Waals surface area (Å²) < 4.78 is 0. The molecule has 0 fully saturated rings. The Morgan fingerprint density at radius 2 is 2.12 bits per heavy atom. The number of hydrogen-bond donors (Lipinski definition) is 0. The van der Waals surface area contributed by atoms with Crippen molar-refractivity contribution in [2.75, 3.05) is 0 Å². The zero-order chi connectivity index (χ0) is 12.3. The van der Waals surface area contributed by atoms with Crippen LogP contribution in [0.25, 0.3) is 0 Å². The van der Waals surface area contributed by atoms with Crippen molar-refractivity contribution < 1.29 is 9.72 Å². The van der Waals surface area contributed by atoms with Crippen LogP contribution >= 0.6 is 0 Å². The molecule has 1 unspecified atom stereocenters. The quantitative estimate of drug-likeness (QED) is 0.580. The van der Waals surface area contributed by atoms with E-state index in [1.165, 1.54) is 6.07 Å². The average Bonchev–Trinajstić information content (AvgIpc) is 2.26. The number of rotatable bonds is 4. The molecule has 1 atom stereocenters. The van der Waals surface area contributed by atoms with Gasteiger partial charge in [-0.25, -0.2) is 0 Å². The van der Waals surface area contributed by atoms with Gasteiger partial charge in [-0.1, -0.05) is 26.0 Å². The van der Waals surface area contributed by atoms with Crippen molar-refractivity contribution in [2.24, 2.45) is 0 Å². The monoisotopic (exact) mass is 221 g/mol. The van der Waals surface area contributed by atoms with Crippen molar-refractivity contribution in [3.8, 4) is 0 Å². The van der Waals surface area contributed by atoms with E-state index >= 15 is 0 Å². The van der Waals surface area contributed by atoms with Crippen LogP contribution in [0.2, 0.25) is 0 Å². The minimum Gasteiger partial charge on any atom is -0.299 e. The summed E-state index contributed by atoms with van der Waals surface area (Å²) >= 11 is 0. The van der Waals surface area contributed by atoms with Gasteiger partial charge in [0, 0.05) is 24.0 Å². The second-order valence-electron chi connectivity index (χ2n) is 3.81. The lowest BCUT2D eigenvalue weighted by molar-refractivity contribution is -0.385. The number of carbonyl (C=O) groups excluding carboxylic acids is 1. The molecule has 0 bridgehead atoms. The molecule has 0 spiro atoms. The molecule has 0 aromatic heterocycles. The number of benzene rings is 1. The molecule has 86 valence electrons. The molecule has 1 rings (SSSR count). The van der Waals surface area contributed by atoms with Gasteiger partial charge in [0.2, 0.25) is 0 Å². The Labute approximate surface area is 94.4 Å². The average molecular weight is 221 g/mol. The number of hydrogen-bond acceptors (Lipinski definition) is 3. The van der Waals surface area contributed by atoms with Gasteiger partial charge < -0.3 is 0 Å². The van der Waals surface area contributed by atoms with Crippen LogP contribution in [0.1, 0.15) is 37.3 Å². The van der Waals surface area contributed by atoms with Crippen LogP contribution in [-0.4, -0.2) is 10.7 Å². The predicted molar refractivity (Wildman–Crippen MR) is 61.5 cm³/mol. The molecule has 4 heteroatoms. The molecule has 1 aromatic rings. The highest BCUT2D eigenvalue weighted by Gasteiger charge is 2.24. The van der Waals surface area contributed by atoms with Crippen LogP contribution in [-0.2, 0) is 4.79 Å². The molecule has 1 aromatic carbocycles. The van der Waals surface area contributed by atoms with Gasteiger partial charge >= 0.3 is 0 Å². The summed E-state index contributed by atoms with van der Waals surface area (Å²) in [5, 5.41) is 10.9. The van der Waals surface area contributed by atoms with Gasteiger partial charge in [-0.05, 0) is 12.5 Å². The van der Waals surface area contributed by atoms with Crippen molar-refractivity contribution >= 4 is 11.5 Å². The minimum absolute atomic E-state index is 0.0254. The molecular weight excluding hydrogens is 206 g/mol. The van der Waals surface area contributed by atoms with E-state index in [0.717, 1.165) is 5.56 Å². The van der Waals surface area contributed by atoms with Crippen molar-refractivity contribution in [3.05, 3.63) is 39.4 Å². The molecule has 16 heavy (non-hydrogen) atoms. The number of ketones is 1. The first-order chi connectivity index (χ1) is 7.49. The second kappa shape index (κ2) is 4.88. The lowest BCUT2D eigenvalue weighted by Crippen LogP contribution is -2.11. The van der Waals surface area contributed by atoms with Crippen molar-refractivity contribution in [3.63, 3.8) is 0 Å². The highest BCUT2D eigenvalue weighted by molar-refractivity contribution is 5.86. The third kappa shape index (κ3) is 2.27. The van der Waals surface area contributed by atoms with Crippen LogP contribution < -0.4 is 0 Å². The van der Waals surface area contributed by atoms with Gasteiger partial charge in [-0.15, -0.1) is 0 Å². The second-order valence-corrected chi connectivity index (χ2v) is 3.81. The fraction of sp³-hybridized carbons (Fsp3) is 0.417. The van der Waals surface area contributed by atoms with E-state index in [2.05, 4.69) is 0 Å². The fourth-order valence-corrected chi connectivity index (χ4v) is 1.85. The van der Waals surface area contributed by atoms with E-state index in [-0.39, 0.29) is 11.5 Å². The van der Waals surface area contributed by atoms with Crippen LogP contribution in [0.5, 0.6) is 0 Å². The van der Waals surface area contributed by atoms with Crippen LogP contribution in [0.4, 0.5) is 5.69 Å². The van der Waals surface area contributed by atoms with Crippen LogP contribution in [0, 0.1) is 17.0 Å². The zero-order valence-electron chi connectivity index (χ0n) is 9.69. The number of Topliss-reactive ketones (excluding diaryl/α,β-unsaturated/α-hetero) is 1. The molecule has 0 aliphatic rings. The molecule has 4 nitrogen and oxygen atoms in total. The maximum Gasteiger partial charge on any atom is 0.273 e. The first-order valence-electron chi connectivity index (χ1n) is 5.25. The molecule has 0 N–H and O–H groups in total.